The van der Waals surface area contributed by atoms with E-state index in [0.717, 1.165) is 12.6 Å². The molecule has 1 N–H and O–H groups in total. The van der Waals surface area contributed by atoms with Gasteiger partial charge in [0.2, 0.25) is 0 Å². The van der Waals surface area contributed by atoms with Gasteiger partial charge in [-0.15, -0.1) is 0 Å². The zero-order valence-corrected chi connectivity index (χ0v) is 10.5. The van der Waals surface area contributed by atoms with Crippen molar-refractivity contribution >= 4 is 5.69 Å². The molecule has 92 valence electrons. The van der Waals surface area contributed by atoms with Crippen LogP contribution in [0, 0.1) is 6.92 Å². The highest BCUT2D eigenvalue weighted by atomic mass is 15.2. The molecule has 1 atom stereocenters. The van der Waals surface area contributed by atoms with Gasteiger partial charge in [0, 0.05) is 36.7 Å². The number of anilines is 1. The van der Waals surface area contributed by atoms with Crippen LogP contribution in [0.1, 0.15) is 31.2 Å². The Morgan fingerprint density at radius 1 is 1.41 bits per heavy atom. The molecule has 0 radical (unpaired) electrons. The Morgan fingerprint density at radius 3 is 2.94 bits per heavy atom. The second-order valence-corrected chi connectivity index (χ2v) is 5.34. The van der Waals surface area contributed by atoms with E-state index >= 15 is 0 Å². The molecule has 1 unspecified atom stereocenters. The number of rotatable bonds is 4. The topological polar surface area (TPSA) is 28.2 Å². The molecule has 3 heteroatoms. The highest BCUT2D eigenvalue weighted by Gasteiger charge is 2.32. The molecule has 3 rings (SSSR count). The molecule has 2 heterocycles. The normalized spacial score (nSPS) is 23.9. The summed E-state index contributed by atoms with van der Waals surface area (Å²) in [7, 11) is 0. The maximum atomic E-state index is 4.20. The fraction of sp³-hybridized carbons (Fsp3) is 0.643. The van der Waals surface area contributed by atoms with Crippen molar-refractivity contribution in [2.45, 2.75) is 44.7 Å². The Morgan fingerprint density at radius 2 is 2.29 bits per heavy atom. The Hall–Kier alpha value is -1.09. The van der Waals surface area contributed by atoms with Gasteiger partial charge < -0.3 is 10.2 Å². The maximum absolute atomic E-state index is 4.20. The van der Waals surface area contributed by atoms with Crippen LogP contribution in [-0.4, -0.2) is 30.2 Å². The second kappa shape index (κ2) is 4.65. The minimum absolute atomic E-state index is 0.683. The van der Waals surface area contributed by atoms with Gasteiger partial charge in [-0.1, -0.05) is 0 Å². The number of aromatic nitrogens is 1. The molecule has 1 aromatic heterocycles. The first-order valence-corrected chi connectivity index (χ1v) is 6.75. The van der Waals surface area contributed by atoms with E-state index in [1.807, 2.05) is 12.4 Å². The largest absolute Gasteiger partial charge is 0.367 e. The minimum atomic E-state index is 0.683. The van der Waals surface area contributed by atoms with Gasteiger partial charge in [-0.2, -0.15) is 0 Å². The van der Waals surface area contributed by atoms with Crippen molar-refractivity contribution in [3.8, 4) is 0 Å². The van der Waals surface area contributed by atoms with Crippen LogP contribution in [0.3, 0.4) is 0 Å². The number of nitrogens with zero attached hydrogens (tertiary/aromatic N) is 2. The summed E-state index contributed by atoms with van der Waals surface area (Å²) in [6.07, 6.45) is 9.27. The van der Waals surface area contributed by atoms with Crippen molar-refractivity contribution in [3.05, 3.63) is 24.0 Å². The smallest absolute Gasteiger partial charge is 0.0429 e. The van der Waals surface area contributed by atoms with Crippen molar-refractivity contribution in [1.29, 1.82) is 0 Å². The third-order valence-electron chi connectivity index (χ3n) is 3.87. The fourth-order valence-electron chi connectivity index (χ4n) is 2.77. The predicted molar refractivity (Wildman–Crippen MR) is 70.4 cm³/mol. The van der Waals surface area contributed by atoms with Crippen molar-refractivity contribution in [1.82, 2.24) is 10.3 Å². The molecule has 0 spiro atoms. The molecular formula is C14H21N3. The summed E-state index contributed by atoms with van der Waals surface area (Å²) < 4.78 is 0. The Balaban J connectivity index is 1.77. The van der Waals surface area contributed by atoms with E-state index in [4.69, 9.17) is 0 Å². The Labute approximate surface area is 103 Å². The molecule has 1 aliphatic heterocycles. The van der Waals surface area contributed by atoms with Gasteiger partial charge in [-0.05, 0) is 50.8 Å². The molecular weight excluding hydrogens is 210 g/mol. The molecule has 1 saturated heterocycles. The SMILES string of the molecule is Cc1cnccc1N(CC1CCCN1)C1CC1. The lowest BCUT2D eigenvalue weighted by molar-refractivity contribution is 0.578. The Kier molecular flexibility index (Phi) is 3.02. The summed E-state index contributed by atoms with van der Waals surface area (Å²) >= 11 is 0. The van der Waals surface area contributed by atoms with Gasteiger partial charge in [-0.3, -0.25) is 4.98 Å². The number of nitrogens with one attached hydrogen (secondary N) is 1. The van der Waals surface area contributed by atoms with E-state index in [1.165, 1.54) is 43.5 Å². The van der Waals surface area contributed by atoms with Gasteiger partial charge in [-0.25, -0.2) is 0 Å². The van der Waals surface area contributed by atoms with Crippen LogP contribution >= 0.6 is 0 Å². The summed E-state index contributed by atoms with van der Waals surface area (Å²) in [5, 5.41) is 3.60. The predicted octanol–water partition coefficient (Wildman–Crippen LogP) is 2.11. The van der Waals surface area contributed by atoms with Crippen LogP contribution < -0.4 is 10.2 Å². The van der Waals surface area contributed by atoms with Gasteiger partial charge in [0.25, 0.3) is 0 Å². The zero-order chi connectivity index (χ0) is 11.7. The van der Waals surface area contributed by atoms with Crippen LogP contribution in [0.4, 0.5) is 5.69 Å². The van der Waals surface area contributed by atoms with Gasteiger partial charge in [0.05, 0.1) is 0 Å². The molecule has 2 fully saturated rings. The minimum Gasteiger partial charge on any atom is -0.367 e. The van der Waals surface area contributed by atoms with E-state index in [9.17, 15) is 0 Å². The number of pyridine rings is 1. The summed E-state index contributed by atoms with van der Waals surface area (Å²) in [6, 6.07) is 3.63. The van der Waals surface area contributed by atoms with Crippen molar-refractivity contribution in [2.75, 3.05) is 18.0 Å². The first-order chi connectivity index (χ1) is 8.34. The maximum Gasteiger partial charge on any atom is 0.0429 e. The number of hydrogen-bond donors (Lipinski definition) is 1. The van der Waals surface area contributed by atoms with E-state index in [0.29, 0.717) is 6.04 Å². The molecule has 1 saturated carbocycles. The van der Waals surface area contributed by atoms with E-state index < -0.39 is 0 Å². The van der Waals surface area contributed by atoms with E-state index in [-0.39, 0.29) is 0 Å². The lowest BCUT2D eigenvalue weighted by Gasteiger charge is -2.29. The molecule has 17 heavy (non-hydrogen) atoms. The van der Waals surface area contributed by atoms with Crippen LogP contribution in [-0.2, 0) is 0 Å². The lowest BCUT2D eigenvalue weighted by Crippen LogP contribution is -2.39. The van der Waals surface area contributed by atoms with Crippen molar-refractivity contribution < 1.29 is 0 Å². The monoisotopic (exact) mass is 231 g/mol. The van der Waals surface area contributed by atoms with Crippen LogP contribution in [0.25, 0.3) is 0 Å². The van der Waals surface area contributed by atoms with Crippen molar-refractivity contribution in [2.24, 2.45) is 0 Å². The lowest BCUT2D eigenvalue weighted by atomic mass is 10.1. The number of aryl methyl sites for hydroxylation is 1. The van der Waals surface area contributed by atoms with Gasteiger partial charge in [0.1, 0.15) is 0 Å². The van der Waals surface area contributed by atoms with Gasteiger partial charge >= 0.3 is 0 Å². The van der Waals surface area contributed by atoms with Crippen molar-refractivity contribution in [3.63, 3.8) is 0 Å². The third kappa shape index (κ3) is 2.44. The quantitative estimate of drug-likeness (QED) is 0.860. The molecule has 0 amide bonds. The zero-order valence-electron chi connectivity index (χ0n) is 10.5. The first-order valence-electron chi connectivity index (χ1n) is 6.75. The molecule has 1 aliphatic carbocycles. The third-order valence-corrected chi connectivity index (χ3v) is 3.87. The summed E-state index contributed by atoms with van der Waals surface area (Å²) in [5.74, 6) is 0. The average Bonchev–Trinajstić information content (AvgIpc) is 3.05. The molecule has 2 aliphatic rings. The highest BCUT2D eigenvalue weighted by Crippen LogP contribution is 2.33. The molecule has 1 aromatic rings. The Bertz CT molecular complexity index is 381. The van der Waals surface area contributed by atoms with E-state index in [2.05, 4.69) is 28.2 Å². The summed E-state index contributed by atoms with van der Waals surface area (Å²) in [5.41, 5.74) is 2.69. The standard InChI is InChI=1S/C14H21N3/c1-11-9-15-8-6-14(11)17(13-4-5-13)10-12-3-2-7-16-12/h6,8-9,12-13,16H,2-5,7,10H2,1H3. The fourth-order valence-corrected chi connectivity index (χ4v) is 2.77. The first kappa shape index (κ1) is 11.0. The number of hydrogen-bond acceptors (Lipinski definition) is 3. The molecule has 0 aromatic carbocycles. The van der Waals surface area contributed by atoms with Gasteiger partial charge in [0.15, 0.2) is 0 Å². The van der Waals surface area contributed by atoms with Crippen LogP contribution in [0.15, 0.2) is 18.5 Å². The summed E-state index contributed by atoms with van der Waals surface area (Å²) in [4.78, 5) is 6.79. The van der Waals surface area contributed by atoms with E-state index in [1.54, 1.807) is 0 Å². The molecule has 0 bridgehead atoms. The summed E-state index contributed by atoms with van der Waals surface area (Å²) in [6.45, 7) is 4.52. The molecule has 3 nitrogen and oxygen atoms in total. The highest BCUT2D eigenvalue weighted by molar-refractivity contribution is 5.53. The average molecular weight is 231 g/mol. The van der Waals surface area contributed by atoms with Crippen LogP contribution in [0.2, 0.25) is 0 Å². The van der Waals surface area contributed by atoms with Crippen LogP contribution in [0.5, 0.6) is 0 Å². The second-order valence-electron chi connectivity index (χ2n) is 5.34.